The highest BCUT2D eigenvalue weighted by atomic mass is 16.2. The first kappa shape index (κ1) is 23.8. The summed E-state index contributed by atoms with van der Waals surface area (Å²) >= 11 is 0. The Labute approximate surface area is 199 Å². The van der Waals surface area contributed by atoms with Crippen molar-refractivity contribution in [3.8, 4) is 0 Å². The molecule has 2 N–H and O–H groups in total. The maximum absolute atomic E-state index is 12.6. The summed E-state index contributed by atoms with van der Waals surface area (Å²) in [6, 6.07) is 18.4. The molecule has 0 radical (unpaired) electrons. The number of carbonyl (C=O) groups is 4. The Morgan fingerprint density at radius 1 is 0.618 bits per heavy atom. The van der Waals surface area contributed by atoms with E-state index in [0.29, 0.717) is 39.0 Å². The van der Waals surface area contributed by atoms with Gasteiger partial charge >= 0.3 is 0 Å². The second kappa shape index (κ2) is 11.2. The zero-order chi connectivity index (χ0) is 23.9. The fraction of sp³-hybridized carbons (Fsp3) is 0.385. The van der Waals surface area contributed by atoms with Gasteiger partial charge in [0.2, 0.25) is 23.6 Å². The van der Waals surface area contributed by atoms with E-state index in [1.807, 2.05) is 60.7 Å². The van der Waals surface area contributed by atoms with Crippen molar-refractivity contribution in [2.45, 2.75) is 37.8 Å². The molecule has 0 saturated carbocycles. The summed E-state index contributed by atoms with van der Waals surface area (Å²) in [5, 5.41) is 6.23. The summed E-state index contributed by atoms with van der Waals surface area (Å²) in [5.41, 5.74) is 2.16. The molecule has 4 rings (SSSR count). The molecule has 4 amide bonds. The molecule has 2 aliphatic heterocycles. The predicted octanol–water partition coefficient (Wildman–Crippen LogP) is 0.906. The minimum Gasteiger partial charge on any atom is -0.304 e. The highest BCUT2D eigenvalue weighted by molar-refractivity contribution is 6.06. The first-order valence-electron chi connectivity index (χ1n) is 11.8. The SMILES string of the molecule is O=C1C[C@H](NCCN[C@@H]2CC(=O)N(CCc3ccccc3)C2=O)C(=O)N1CCc1ccccc1. The monoisotopic (exact) mass is 462 g/mol. The smallest absolute Gasteiger partial charge is 0.246 e. The number of benzene rings is 2. The normalized spacial score (nSPS) is 20.6. The van der Waals surface area contributed by atoms with Gasteiger partial charge < -0.3 is 10.6 Å². The van der Waals surface area contributed by atoms with Gasteiger partial charge in [-0.05, 0) is 24.0 Å². The van der Waals surface area contributed by atoms with Crippen LogP contribution < -0.4 is 10.6 Å². The van der Waals surface area contributed by atoms with Crippen LogP contribution in [0.3, 0.4) is 0 Å². The van der Waals surface area contributed by atoms with Gasteiger partial charge in [-0.3, -0.25) is 29.0 Å². The Hall–Kier alpha value is -3.36. The van der Waals surface area contributed by atoms with Gasteiger partial charge in [-0.2, -0.15) is 0 Å². The van der Waals surface area contributed by atoms with Crippen molar-refractivity contribution in [2.24, 2.45) is 0 Å². The summed E-state index contributed by atoms with van der Waals surface area (Å²) in [6.07, 6.45) is 1.54. The number of nitrogens with zero attached hydrogens (tertiary/aromatic N) is 2. The van der Waals surface area contributed by atoms with E-state index < -0.39 is 12.1 Å². The van der Waals surface area contributed by atoms with Gasteiger partial charge in [-0.1, -0.05) is 60.7 Å². The number of nitrogens with one attached hydrogen (secondary N) is 2. The Balaban J connectivity index is 1.17. The lowest BCUT2D eigenvalue weighted by Crippen LogP contribution is -2.45. The predicted molar refractivity (Wildman–Crippen MR) is 127 cm³/mol. The molecule has 2 aliphatic rings. The third-order valence-electron chi connectivity index (χ3n) is 6.33. The number of hydrogen-bond donors (Lipinski definition) is 2. The van der Waals surface area contributed by atoms with Crippen LogP contribution in [0.4, 0.5) is 0 Å². The molecule has 2 aromatic carbocycles. The standard InChI is InChI=1S/C26H30N4O4/c31-23-17-21(25(33)29(23)15-11-19-7-3-1-4-8-19)27-13-14-28-22-18-24(32)30(26(22)34)16-12-20-9-5-2-6-10-20/h1-10,21-22,27-28H,11-18H2/t21-,22+. The summed E-state index contributed by atoms with van der Waals surface area (Å²) < 4.78 is 0. The molecule has 2 saturated heterocycles. The number of rotatable bonds is 11. The average Bonchev–Trinajstić information content (AvgIpc) is 3.28. The van der Waals surface area contributed by atoms with Gasteiger partial charge in [0.1, 0.15) is 0 Å². The second-order valence-corrected chi connectivity index (χ2v) is 8.66. The fourth-order valence-corrected chi connectivity index (χ4v) is 4.42. The van der Waals surface area contributed by atoms with Crippen LogP contribution in [0.5, 0.6) is 0 Å². The van der Waals surface area contributed by atoms with Crippen molar-refractivity contribution in [3.05, 3.63) is 71.8 Å². The molecule has 2 fully saturated rings. The maximum atomic E-state index is 12.6. The summed E-state index contributed by atoms with van der Waals surface area (Å²) in [4.78, 5) is 52.5. The number of amides is 4. The molecule has 2 aromatic rings. The van der Waals surface area contributed by atoms with Crippen molar-refractivity contribution in [1.29, 1.82) is 0 Å². The molecule has 0 aliphatic carbocycles. The highest BCUT2D eigenvalue weighted by Crippen LogP contribution is 2.16. The second-order valence-electron chi connectivity index (χ2n) is 8.66. The first-order chi connectivity index (χ1) is 16.5. The Kier molecular flexibility index (Phi) is 7.82. The molecule has 0 bridgehead atoms. The largest absolute Gasteiger partial charge is 0.304 e. The van der Waals surface area contributed by atoms with Crippen LogP contribution >= 0.6 is 0 Å². The van der Waals surface area contributed by atoms with Crippen molar-refractivity contribution in [1.82, 2.24) is 20.4 Å². The number of carbonyl (C=O) groups excluding carboxylic acids is 4. The molecule has 2 atom stereocenters. The van der Waals surface area contributed by atoms with E-state index in [-0.39, 0.29) is 36.5 Å². The van der Waals surface area contributed by atoms with Gasteiger partial charge in [-0.25, -0.2) is 0 Å². The first-order valence-corrected chi connectivity index (χ1v) is 11.8. The molecule has 34 heavy (non-hydrogen) atoms. The average molecular weight is 463 g/mol. The molecule has 178 valence electrons. The fourth-order valence-electron chi connectivity index (χ4n) is 4.42. The lowest BCUT2D eigenvalue weighted by Gasteiger charge is -2.17. The van der Waals surface area contributed by atoms with Gasteiger partial charge in [0.15, 0.2) is 0 Å². The van der Waals surface area contributed by atoms with Gasteiger partial charge in [0.05, 0.1) is 24.9 Å². The zero-order valence-corrected chi connectivity index (χ0v) is 19.1. The maximum Gasteiger partial charge on any atom is 0.246 e. The van der Waals surface area contributed by atoms with Crippen LogP contribution in [0, 0.1) is 0 Å². The lowest BCUT2D eigenvalue weighted by molar-refractivity contribution is -0.140. The molecular weight excluding hydrogens is 432 g/mol. The molecule has 0 spiro atoms. The lowest BCUT2D eigenvalue weighted by atomic mass is 10.1. The molecular formula is C26H30N4O4. The third kappa shape index (κ3) is 5.76. The molecule has 2 heterocycles. The topological polar surface area (TPSA) is 98.8 Å². The van der Waals surface area contributed by atoms with Crippen molar-refractivity contribution >= 4 is 23.6 Å². The molecule has 0 aromatic heterocycles. The van der Waals surface area contributed by atoms with Crippen LogP contribution in [0.2, 0.25) is 0 Å². The van der Waals surface area contributed by atoms with E-state index >= 15 is 0 Å². The minimum atomic E-state index is -0.548. The summed E-state index contributed by atoms with van der Waals surface area (Å²) in [5.74, 6) is -0.755. The van der Waals surface area contributed by atoms with E-state index in [1.165, 1.54) is 9.80 Å². The van der Waals surface area contributed by atoms with Crippen LogP contribution in [0.25, 0.3) is 0 Å². The van der Waals surface area contributed by atoms with Gasteiger partial charge in [0, 0.05) is 26.2 Å². The summed E-state index contributed by atoms with van der Waals surface area (Å²) in [6.45, 7) is 1.57. The molecule has 0 unspecified atom stereocenters. The van der Waals surface area contributed by atoms with Crippen LogP contribution in [-0.2, 0) is 32.0 Å². The van der Waals surface area contributed by atoms with E-state index in [0.717, 1.165) is 11.1 Å². The van der Waals surface area contributed by atoms with Gasteiger partial charge in [-0.15, -0.1) is 0 Å². The minimum absolute atomic E-state index is 0.141. The highest BCUT2D eigenvalue weighted by Gasteiger charge is 2.39. The summed E-state index contributed by atoms with van der Waals surface area (Å²) in [7, 11) is 0. The Morgan fingerprint density at radius 3 is 1.38 bits per heavy atom. The van der Waals surface area contributed by atoms with Crippen molar-refractivity contribution in [2.75, 3.05) is 26.2 Å². The van der Waals surface area contributed by atoms with Crippen molar-refractivity contribution in [3.63, 3.8) is 0 Å². The van der Waals surface area contributed by atoms with Crippen LogP contribution in [-0.4, -0.2) is 71.7 Å². The van der Waals surface area contributed by atoms with E-state index in [1.54, 1.807) is 0 Å². The van der Waals surface area contributed by atoms with Crippen molar-refractivity contribution < 1.29 is 19.2 Å². The third-order valence-corrected chi connectivity index (χ3v) is 6.33. The Morgan fingerprint density at radius 2 is 1.00 bits per heavy atom. The molecule has 8 heteroatoms. The quantitative estimate of drug-likeness (QED) is 0.380. The number of imide groups is 2. The van der Waals surface area contributed by atoms with E-state index in [2.05, 4.69) is 10.6 Å². The number of hydrogen-bond acceptors (Lipinski definition) is 6. The van der Waals surface area contributed by atoms with E-state index in [9.17, 15) is 19.2 Å². The van der Waals surface area contributed by atoms with E-state index in [4.69, 9.17) is 0 Å². The van der Waals surface area contributed by atoms with Crippen LogP contribution in [0.15, 0.2) is 60.7 Å². The number of likely N-dealkylation sites (tertiary alicyclic amines) is 2. The molecule has 8 nitrogen and oxygen atoms in total. The Bertz CT molecular complexity index is 944. The zero-order valence-electron chi connectivity index (χ0n) is 19.1. The van der Waals surface area contributed by atoms with Crippen LogP contribution in [0.1, 0.15) is 24.0 Å². The van der Waals surface area contributed by atoms with Gasteiger partial charge in [0.25, 0.3) is 0 Å².